The lowest BCUT2D eigenvalue weighted by Gasteiger charge is -2.18. The second-order valence-corrected chi connectivity index (χ2v) is 2.95. The van der Waals surface area contributed by atoms with Crippen molar-refractivity contribution in [3.63, 3.8) is 0 Å². The predicted molar refractivity (Wildman–Crippen MR) is 56.3 cm³/mol. The zero-order valence-corrected chi connectivity index (χ0v) is 8.82. The van der Waals surface area contributed by atoms with Gasteiger partial charge in [0.25, 0.3) is 0 Å². The monoisotopic (exact) mass is 212 g/mol. The normalized spacial score (nSPS) is 9.07. The van der Waals surface area contributed by atoms with Crippen LogP contribution in [0.1, 0.15) is 19.8 Å². The third kappa shape index (κ3) is 6.38. The SMILES string of the molecule is C#CCCCNC(=O)N(CC)CC(=O)O. The Labute approximate surface area is 89.4 Å². The van der Waals surface area contributed by atoms with Crippen LogP contribution in [0.3, 0.4) is 0 Å². The van der Waals surface area contributed by atoms with E-state index in [-0.39, 0.29) is 12.6 Å². The average molecular weight is 212 g/mol. The number of carboxylic acid groups (broad SMARTS) is 1. The highest BCUT2D eigenvalue weighted by atomic mass is 16.4. The first kappa shape index (κ1) is 13.3. The van der Waals surface area contributed by atoms with Gasteiger partial charge in [0.2, 0.25) is 0 Å². The van der Waals surface area contributed by atoms with Crippen LogP contribution in [0.4, 0.5) is 4.79 Å². The zero-order chi connectivity index (χ0) is 11.7. The summed E-state index contributed by atoms with van der Waals surface area (Å²) in [7, 11) is 0. The summed E-state index contributed by atoms with van der Waals surface area (Å²) < 4.78 is 0. The fourth-order valence-corrected chi connectivity index (χ4v) is 0.988. The number of nitrogens with zero attached hydrogens (tertiary/aromatic N) is 1. The maximum absolute atomic E-state index is 11.4. The van der Waals surface area contributed by atoms with Gasteiger partial charge in [0.05, 0.1) is 0 Å². The Morgan fingerprint density at radius 1 is 1.53 bits per heavy atom. The average Bonchev–Trinajstić information content (AvgIpc) is 2.20. The molecule has 0 rings (SSSR count). The lowest BCUT2D eigenvalue weighted by molar-refractivity contribution is -0.137. The molecule has 0 fully saturated rings. The van der Waals surface area contributed by atoms with Gasteiger partial charge in [0.1, 0.15) is 6.54 Å². The molecular weight excluding hydrogens is 196 g/mol. The number of terminal acetylenes is 1. The summed E-state index contributed by atoms with van der Waals surface area (Å²) in [5.41, 5.74) is 0. The third-order valence-electron chi connectivity index (χ3n) is 1.77. The molecule has 0 heterocycles. The second kappa shape index (κ2) is 7.68. The van der Waals surface area contributed by atoms with Crippen molar-refractivity contribution < 1.29 is 14.7 Å². The number of hydrogen-bond acceptors (Lipinski definition) is 2. The fourth-order valence-electron chi connectivity index (χ4n) is 0.988. The molecule has 5 nitrogen and oxygen atoms in total. The molecule has 0 saturated heterocycles. The predicted octanol–water partition coefficient (Wildman–Crippen LogP) is 0.516. The van der Waals surface area contributed by atoms with Gasteiger partial charge in [0.15, 0.2) is 0 Å². The van der Waals surface area contributed by atoms with E-state index in [0.29, 0.717) is 25.9 Å². The van der Waals surface area contributed by atoms with Crippen LogP contribution < -0.4 is 5.32 Å². The van der Waals surface area contributed by atoms with Gasteiger partial charge in [-0.05, 0) is 13.3 Å². The van der Waals surface area contributed by atoms with Crippen LogP contribution in [0.2, 0.25) is 0 Å². The van der Waals surface area contributed by atoms with E-state index in [9.17, 15) is 9.59 Å². The van der Waals surface area contributed by atoms with Crippen LogP contribution in [0, 0.1) is 12.3 Å². The minimum absolute atomic E-state index is 0.280. The van der Waals surface area contributed by atoms with E-state index in [1.165, 1.54) is 4.90 Å². The van der Waals surface area contributed by atoms with Gasteiger partial charge < -0.3 is 15.3 Å². The number of nitrogens with one attached hydrogen (secondary N) is 1. The molecule has 0 spiro atoms. The highest BCUT2D eigenvalue weighted by Crippen LogP contribution is 1.90. The summed E-state index contributed by atoms with van der Waals surface area (Å²) >= 11 is 0. The van der Waals surface area contributed by atoms with E-state index < -0.39 is 5.97 Å². The molecule has 5 heteroatoms. The number of urea groups is 1. The van der Waals surface area contributed by atoms with Crippen molar-refractivity contribution in [1.29, 1.82) is 0 Å². The highest BCUT2D eigenvalue weighted by Gasteiger charge is 2.13. The molecule has 2 N–H and O–H groups in total. The number of aliphatic carboxylic acids is 1. The Balaban J connectivity index is 3.84. The molecule has 84 valence electrons. The van der Waals surface area contributed by atoms with Gasteiger partial charge in [-0.2, -0.15) is 0 Å². The van der Waals surface area contributed by atoms with E-state index >= 15 is 0 Å². The molecule has 0 saturated carbocycles. The molecule has 0 aliphatic carbocycles. The van der Waals surface area contributed by atoms with Gasteiger partial charge in [-0.3, -0.25) is 4.79 Å². The Hall–Kier alpha value is -1.70. The number of hydrogen-bond donors (Lipinski definition) is 2. The van der Waals surface area contributed by atoms with Crippen molar-refractivity contribution >= 4 is 12.0 Å². The summed E-state index contributed by atoms with van der Waals surface area (Å²) in [5.74, 6) is 1.44. The largest absolute Gasteiger partial charge is 0.480 e. The van der Waals surface area contributed by atoms with E-state index in [2.05, 4.69) is 11.2 Å². The van der Waals surface area contributed by atoms with Crippen molar-refractivity contribution in [1.82, 2.24) is 10.2 Å². The van der Waals surface area contributed by atoms with Crippen LogP contribution in [0.15, 0.2) is 0 Å². The van der Waals surface area contributed by atoms with Gasteiger partial charge in [-0.25, -0.2) is 4.79 Å². The van der Waals surface area contributed by atoms with E-state index in [1.54, 1.807) is 6.92 Å². The first-order valence-corrected chi connectivity index (χ1v) is 4.79. The molecule has 0 aromatic heterocycles. The quantitative estimate of drug-likeness (QED) is 0.498. The first-order chi connectivity index (χ1) is 7.11. The highest BCUT2D eigenvalue weighted by molar-refractivity contribution is 5.79. The summed E-state index contributed by atoms with van der Waals surface area (Å²) in [6.45, 7) is 2.29. The van der Waals surface area contributed by atoms with Gasteiger partial charge in [-0.1, -0.05) is 0 Å². The molecule has 0 aromatic carbocycles. The zero-order valence-electron chi connectivity index (χ0n) is 8.82. The van der Waals surface area contributed by atoms with Gasteiger partial charge in [-0.15, -0.1) is 12.3 Å². The van der Waals surface area contributed by atoms with E-state index in [0.717, 1.165) is 0 Å². The van der Waals surface area contributed by atoms with Crippen molar-refractivity contribution in [3.8, 4) is 12.3 Å². The molecule has 0 bridgehead atoms. The number of likely N-dealkylation sites (N-methyl/N-ethyl adjacent to an activating group) is 1. The van der Waals surface area contributed by atoms with E-state index in [4.69, 9.17) is 11.5 Å². The summed E-state index contributed by atoms with van der Waals surface area (Å²) in [5, 5.41) is 11.1. The fraction of sp³-hybridized carbons (Fsp3) is 0.600. The van der Waals surface area contributed by atoms with Crippen molar-refractivity contribution in [2.24, 2.45) is 0 Å². The molecule has 0 atom stereocenters. The Morgan fingerprint density at radius 2 is 2.20 bits per heavy atom. The Bertz CT molecular complexity index is 258. The van der Waals surface area contributed by atoms with Gasteiger partial charge >= 0.3 is 12.0 Å². The lowest BCUT2D eigenvalue weighted by atomic mass is 10.3. The molecule has 15 heavy (non-hydrogen) atoms. The second-order valence-electron chi connectivity index (χ2n) is 2.95. The van der Waals surface area contributed by atoms with Crippen LogP contribution in [-0.2, 0) is 4.79 Å². The van der Waals surface area contributed by atoms with Crippen LogP contribution in [0.25, 0.3) is 0 Å². The minimum Gasteiger partial charge on any atom is -0.480 e. The lowest BCUT2D eigenvalue weighted by Crippen LogP contribution is -2.42. The number of carbonyl (C=O) groups is 2. The van der Waals surface area contributed by atoms with Crippen molar-refractivity contribution in [2.45, 2.75) is 19.8 Å². The van der Waals surface area contributed by atoms with Crippen LogP contribution in [0.5, 0.6) is 0 Å². The molecule has 2 amide bonds. The maximum Gasteiger partial charge on any atom is 0.323 e. The number of amides is 2. The van der Waals surface area contributed by atoms with Crippen LogP contribution >= 0.6 is 0 Å². The molecule has 0 aliphatic heterocycles. The Kier molecular flexibility index (Phi) is 6.81. The summed E-state index contributed by atoms with van der Waals surface area (Å²) in [4.78, 5) is 23.0. The Morgan fingerprint density at radius 3 is 2.67 bits per heavy atom. The number of carboxylic acids is 1. The topological polar surface area (TPSA) is 69.6 Å². The third-order valence-corrected chi connectivity index (χ3v) is 1.77. The standard InChI is InChI=1S/C10H16N2O3/c1-3-5-6-7-11-10(15)12(4-2)8-9(13)14/h1H,4-8H2,2H3,(H,11,15)(H,13,14). The number of unbranched alkanes of at least 4 members (excludes halogenated alkanes) is 1. The minimum atomic E-state index is -1.02. The van der Waals surface area contributed by atoms with Crippen molar-refractivity contribution in [3.05, 3.63) is 0 Å². The molecular formula is C10H16N2O3. The smallest absolute Gasteiger partial charge is 0.323 e. The molecule has 0 aliphatic rings. The van der Waals surface area contributed by atoms with Gasteiger partial charge in [0, 0.05) is 19.5 Å². The molecule has 0 unspecified atom stereocenters. The maximum atomic E-state index is 11.4. The number of rotatable bonds is 6. The molecule has 0 aromatic rings. The van der Waals surface area contributed by atoms with Crippen LogP contribution in [-0.4, -0.2) is 41.6 Å². The summed E-state index contributed by atoms with van der Waals surface area (Å²) in [6.07, 6.45) is 6.35. The molecule has 0 radical (unpaired) electrons. The number of carbonyl (C=O) groups excluding carboxylic acids is 1. The van der Waals surface area contributed by atoms with Crippen molar-refractivity contribution in [2.75, 3.05) is 19.6 Å². The first-order valence-electron chi connectivity index (χ1n) is 4.79. The van der Waals surface area contributed by atoms with E-state index in [1.807, 2.05) is 0 Å². The summed E-state index contributed by atoms with van der Waals surface area (Å²) in [6, 6.07) is -0.364.